The Balaban J connectivity index is 2.31. The zero-order valence-electron chi connectivity index (χ0n) is 16.9. The molecule has 0 unspecified atom stereocenters. The average molecular weight is 442 g/mol. The molecule has 0 aliphatic rings. The Morgan fingerprint density at radius 1 is 0.931 bits per heavy atom. The van der Waals surface area contributed by atoms with Gasteiger partial charge in [-0.15, -0.1) is 0 Å². The van der Waals surface area contributed by atoms with Crippen LogP contribution in [0.15, 0.2) is 24.3 Å². The van der Waals surface area contributed by atoms with E-state index in [1.807, 2.05) is 6.92 Å². The minimum Gasteiger partial charge on any atom is -0.493 e. The van der Waals surface area contributed by atoms with Crippen LogP contribution in [0.1, 0.15) is 37.0 Å². The number of methoxy groups -OCH3 is 2. The van der Waals surface area contributed by atoms with Crippen LogP contribution >= 0.6 is 23.2 Å². The molecule has 0 aromatic heterocycles. The second kappa shape index (κ2) is 11.0. The summed E-state index contributed by atoms with van der Waals surface area (Å²) in [4.78, 5) is 12.8. The van der Waals surface area contributed by atoms with Crippen molar-refractivity contribution >= 4 is 34.8 Å². The summed E-state index contributed by atoms with van der Waals surface area (Å²) in [7, 11) is 3.01. The fourth-order valence-electron chi connectivity index (χ4n) is 2.57. The third kappa shape index (κ3) is 5.84. The number of carbonyl (C=O) groups is 1. The van der Waals surface area contributed by atoms with Gasteiger partial charge in [-0.05, 0) is 25.5 Å². The zero-order chi connectivity index (χ0) is 21.4. The molecule has 0 aliphatic heterocycles. The first-order chi connectivity index (χ1) is 13.9. The molecule has 1 N–H and O–H groups in total. The third-order valence-electron chi connectivity index (χ3n) is 4.04. The third-order valence-corrected chi connectivity index (χ3v) is 4.63. The number of amides is 1. The van der Waals surface area contributed by atoms with E-state index in [9.17, 15) is 4.79 Å². The lowest BCUT2D eigenvalue weighted by atomic mass is 10.1. The van der Waals surface area contributed by atoms with E-state index in [2.05, 4.69) is 12.2 Å². The van der Waals surface area contributed by atoms with Crippen molar-refractivity contribution in [1.29, 1.82) is 0 Å². The van der Waals surface area contributed by atoms with Gasteiger partial charge < -0.3 is 24.3 Å². The minimum absolute atomic E-state index is 0.301. The summed E-state index contributed by atoms with van der Waals surface area (Å²) < 4.78 is 21.8. The van der Waals surface area contributed by atoms with E-state index in [0.29, 0.717) is 57.5 Å². The topological polar surface area (TPSA) is 66.0 Å². The molecule has 29 heavy (non-hydrogen) atoms. The number of hydrogen-bond donors (Lipinski definition) is 1. The van der Waals surface area contributed by atoms with Crippen LogP contribution in [0.3, 0.4) is 0 Å². The van der Waals surface area contributed by atoms with Gasteiger partial charge in [-0.1, -0.05) is 36.5 Å². The van der Waals surface area contributed by atoms with Crippen molar-refractivity contribution in [3.63, 3.8) is 0 Å². The van der Waals surface area contributed by atoms with E-state index in [0.717, 1.165) is 12.8 Å². The number of unbranched alkanes of at least 4 members (excludes halogenated alkanes) is 1. The van der Waals surface area contributed by atoms with Crippen LogP contribution in [0.4, 0.5) is 5.69 Å². The molecule has 6 nitrogen and oxygen atoms in total. The molecule has 1 amide bonds. The predicted octanol–water partition coefficient (Wildman–Crippen LogP) is 5.84. The Morgan fingerprint density at radius 2 is 1.62 bits per heavy atom. The molecule has 8 heteroatoms. The van der Waals surface area contributed by atoms with Crippen molar-refractivity contribution in [3.05, 3.63) is 39.9 Å². The minimum atomic E-state index is -0.401. The second-order valence-electron chi connectivity index (χ2n) is 6.06. The number of benzene rings is 2. The number of rotatable bonds is 10. The molecular weight excluding hydrogens is 417 g/mol. The summed E-state index contributed by atoms with van der Waals surface area (Å²) >= 11 is 12.6. The molecule has 2 aromatic rings. The summed E-state index contributed by atoms with van der Waals surface area (Å²) in [5.74, 6) is 1.36. The van der Waals surface area contributed by atoms with Gasteiger partial charge in [0.2, 0.25) is 0 Å². The van der Waals surface area contributed by atoms with E-state index in [4.69, 9.17) is 42.1 Å². The highest BCUT2D eigenvalue weighted by Crippen LogP contribution is 2.38. The number of ether oxygens (including phenoxy) is 4. The van der Waals surface area contributed by atoms with Crippen LogP contribution in [-0.2, 0) is 0 Å². The van der Waals surface area contributed by atoms with E-state index in [1.165, 1.54) is 20.3 Å². The molecule has 158 valence electrons. The number of carbonyl (C=O) groups excluding carboxylic acids is 1. The maximum absolute atomic E-state index is 12.8. The summed E-state index contributed by atoms with van der Waals surface area (Å²) in [6.07, 6.45) is 1.89. The highest BCUT2D eigenvalue weighted by Gasteiger charge is 2.18. The fourth-order valence-corrected chi connectivity index (χ4v) is 3.03. The number of hydrogen-bond acceptors (Lipinski definition) is 5. The van der Waals surface area contributed by atoms with E-state index in [1.54, 1.807) is 18.2 Å². The van der Waals surface area contributed by atoms with Crippen molar-refractivity contribution in [3.8, 4) is 23.0 Å². The van der Waals surface area contributed by atoms with Crippen molar-refractivity contribution in [2.24, 2.45) is 0 Å². The first-order valence-corrected chi connectivity index (χ1v) is 10.0. The van der Waals surface area contributed by atoms with Gasteiger partial charge in [-0.2, -0.15) is 0 Å². The van der Waals surface area contributed by atoms with Gasteiger partial charge in [-0.3, -0.25) is 4.79 Å². The van der Waals surface area contributed by atoms with Crippen LogP contribution in [0.5, 0.6) is 23.0 Å². The fraction of sp³-hybridized carbons (Fsp3) is 0.381. The lowest BCUT2D eigenvalue weighted by Crippen LogP contribution is -2.13. The monoisotopic (exact) mass is 441 g/mol. The number of nitrogens with one attached hydrogen (secondary N) is 1. The maximum Gasteiger partial charge on any atom is 0.255 e. The molecular formula is C21H25Cl2NO5. The Morgan fingerprint density at radius 3 is 2.24 bits per heavy atom. The van der Waals surface area contributed by atoms with Gasteiger partial charge in [0.05, 0.1) is 43.2 Å². The molecule has 0 radical (unpaired) electrons. The molecule has 0 spiro atoms. The first kappa shape index (κ1) is 23.0. The lowest BCUT2D eigenvalue weighted by Gasteiger charge is -2.16. The molecule has 0 bridgehead atoms. The molecule has 0 aliphatic carbocycles. The normalized spacial score (nSPS) is 10.4. The van der Waals surface area contributed by atoms with Gasteiger partial charge in [-0.25, -0.2) is 0 Å². The predicted molar refractivity (Wildman–Crippen MR) is 116 cm³/mol. The lowest BCUT2D eigenvalue weighted by molar-refractivity contribution is 0.102. The van der Waals surface area contributed by atoms with E-state index in [-0.39, 0.29) is 0 Å². The summed E-state index contributed by atoms with van der Waals surface area (Å²) in [5.41, 5.74) is 0.693. The number of halogens is 2. The number of anilines is 1. The standard InChI is InChI=1S/C21H25Cl2NO5/c1-5-7-8-29-20-15(23)9-13(10-19(20)28-6-2)21(25)24-16-12-18(27-4)17(26-3)11-14(16)22/h9-12H,5-8H2,1-4H3,(H,24,25). The first-order valence-electron chi connectivity index (χ1n) is 9.27. The molecule has 0 saturated heterocycles. The molecule has 0 heterocycles. The van der Waals surface area contributed by atoms with Crippen LogP contribution < -0.4 is 24.3 Å². The van der Waals surface area contributed by atoms with Crippen LogP contribution in [-0.4, -0.2) is 33.3 Å². The Kier molecular flexibility index (Phi) is 8.73. The Bertz CT molecular complexity index is 857. The quantitative estimate of drug-likeness (QED) is 0.469. The maximum atomic E-state index is 12.8. The molecule has 2 aromatic carbocycles. The van der Waals surface area contributed by atoms with Crippen molar-refractivity contribution in [2.75, 3.05) is 32.8 Å². The largest absolute Gasteiger partial charge is 0.493 e. The summed E-state index contributed by atoms with van der Waals surface area (Å²) in [6.45, 7) is 4.84. The van der Waals surface area contributed by atoms with E-state index >= 15 is 0 Å². The Labute approximate surface area is 181 Å². The van der Waals surface area contributed by atoms with Gasteiger partial charge in [0, 0.05) is 17.7 Å². The average Bonchev–Trinajstić information content (AvgIpc) is 2.71. The van der Waals surface area contributed by atoms with Gasteiger partial charge in [0.25, 0.3) is 5.91 Å². The van der Waals surface area contributed by atoms with E-state index < -0.39 is 5.91 Å². The highest BCUT2D eigenvalue weighted by atomic mass is 35.5. The summed E-state index contributed by atoms with van der Waals surface area (Å²) in [6, 6.07) is 6.29. The zero-order valence-corrected chi connectivity index (χ0v) is 18.4. The van der Waals surface area contributed by atoms with Crippen LogP contribution in [0.25, 0.3) is 0 Å². The summed E-state index contributed by atoms with van der Waals surface area (Å²) in [5, 5.41) is 3.37. The Hall–Kier alpha value is -2.31. The van der Waals surface area contributed by atoms with Crippen molar-refractivity contribution < 1.29 is 23.7 Å². The molecule has 2 rings (SSSR count). The smallest absolute Gasteiger partial charge is 0.255 e. The van der Waals surface area contributed by atoms with Gasteiger partial charge >= 0.3 is 0 Å². The van der Waals surface area contributed by atoms with Crippen molar-refractivity contribution in [2.45, 2.75) is 26.7 Å². The molecule has 0 atom stereocenters. The van der Waals surface area contributed by atoms with Crippen LogP contribution in [0, 0.1) is 0 Å². The van der Waals surface area contributed by atoms with Crippen molar-refractivity contribution in [1.82, 2.24) is 0 Å². The molecule has 0 saturated carbocycles. The van der Waals surface area contributed by atoms with Gasteiger partial charge in [0.1, 0.15) is 0 Å². The SMILES string of the molecule is CCCCOc1c(Cl)cc(C(=O)Nc2cc(OC)c(OC)cc2Cl)cc1OCC. The second-order valence-corrected chi connectivity index (χ2v) is 6.88. The van der Waals surface area contributed by atoms with Crippen LogP contribution in [0.2, 0.25) is 10.0 Å². The van der Waals surface area contributed by atoms with Gasteiger partial charge in [0.15, 0.2) is 23.0 Å². The molecule has 0 fully saturated rings. The highest BCUT2D eigenvalue weighted by molar-refractivity contribution is 6.34.